The number of hydrogen-bond acceptors (Lipinski definition) is 9. The van der Waals surface area contributed by atoms with Crippen molar-refractivity contribution in [3.63, 3.8) is 0 Å². The average Bonchev–Trinajstić information content (AvgIpc) is 3.47. The van der Waals surface area contributed by atoms with Crippen LogP contribution in [0, 0.1) is 0 Å². The number of aromatic amines is 1. The first kappa shape index (κ1) is 33.3. The lowest BCUT2D eigenvalue weighted by atomic mass is 9.83. The first-order valence-electron chi connectivity index (χ1n) is 16.8. The fourth-order valence-corrected chi connectivity index (χ4v) is 7.47. The summed E-state index contributed by atoms with van der Waals surface area (Å²) in [6, 6.07) is 12.8. The van der Waals surface area contributed by atoms with E-state index in [-0.39, 0.29) is 24.4 Å². The van der Waals surface area contributed by atoms with Gasteiger partial charge in [0.2, 0.25) is 11.8 Å². The molecule has 3 aromatic rings. The van der Waals surface area contributed by atoms with Gasteiger partial charge >= 0.3 is 0 Å². The van der Waals surface area contributed by atoms with Crippen LogP contribution in [0.1, 0.15) is 22.9 Å². The van der Waals surface area contributed by atoms with Crippen LogP contribution in [0.3, 0.4) is 0 Å². The van der Waals surface area contributed by atoms with Gasteiger partial charge in [-0.2, -0.15) is 0 Å². The summed E-state index contributed by atoms with van der Waals surface area (Å²) in [5.41, 5.74) is 4.80. The molecule has 1 aromatic heterocycles. The highest BCUT2D eigenvalue weighted by Crippen LogP contribution is 2.44. The van der Waals surface area contributed by atoms with E-state index < -0.39 is 24.3 Å². The Kier molecular flexibility index (Phi) is 9.75. The number of aliphatic hydroxyl groups excluding tert-OH is 1. The highest BCUT2D eigenvalue weighted by atomic mass is 16.5. The molecule has 4 heterocycles. The fraction of sp³-hybridized carbons (Fsp3) is 0.459. The van der Waals surface area contributed by atoms with Crippen molar-refractivity contribution in [3.05, 3.63) is 83.1 Å². The van der Waals surface area contributed by atoms with Gasteiger partial charge in [-0.05, 0) is 41.0 Å². The molecule has 12 heteroatoms. The molecule has 4 atom stereocenters. The van der Waals surface area contributed by atoms with Crippen LogP contribution in [0.2, 0.25) is 0 Å². The fourth-order valence-electron chi connectivity index (χ4n) is 7.47. The van der Waals surface area contributed by atoms with Gasteiger partial charge in [0.05, 0.1) is 25.3 Å². The number of fused-ring (bicyclic) bond motifs is 4. The van der Waals surface area contributed by atoms with Crippen molar-refractivity contribution in [1.29, 1.82) is 0 Å². The Morgan fingerprint density at radius 2 is 1.69 bits per heavy atom. The van der Waals surface area contributed by atoms with Crippen LogP contribution in [-0.2, 0) is 36.8 Å². The van der Waals surface area contributed by atoms with E-state index in [1.165, 1.54) is 0 Å². The van der Waals surface area contributed by atoms with E-state index in [1.807, 2.05) is 48.6 Å². The molecule has 2 aromatic carbocycles. The summed E-state index contributed by atoms with van der Waals surface area (Å²) in [6.45, 7) is 3.79. The maximum absolute atomic E-state index is 14.3. The van der Waals surface area contributed by atoms with Crippen molar-refractivity contribution >= 4 is 22.7 Å². The van der Waals surface area contributed by atoms with Crippen molar-refractivity contribution < 1.29 is 38.4 Å². The number of para-hydroxylation sites is 1. The predicted molar refractivity (Wildman–Crippen MR) is 181 cm³/mol. The molecule has 2 saturated heterocycles. The second kappa shape index (κ2) is 14.3. The van der Waals surface area contributed by atoms with Gasteiger partial charge in [0.1, 0.15) is 38.0 Å². The number of carbonyl (C=O) groups excluding carboxylic acids is 2. The largest absolute Gasteiger partial charge is 0.487 e. The lowest BCUT2D eigenvalue weighted by Gasteiger charge is -2.52. The minimum absolute atomic E-state index is 0.0260. The Morgan fingerprint density at radius 3 is 2.45 bits per heavy atom. The van der Waals surface area contributed by atoms with E-state index in [4.69, 9.17) is 23.7 Å². The number of hydrogen-bond donors (Lipinski definition) is 2. The Labute approximate surface area is 285 Å². The van der Waals surface area contributed by atoms with E-state index in [2.05, 4.69) is 16.0 Å². The molecule has 4 aliphatic rings. The number of benzene rings is 2. The van der Waals surface area contributed by atoms with Crippen LogP contribution in [-0.4, -0.2) is 128 Å². The molecular weight excluding hydrogens is 628 g/mol. The average molecular weight is 673 g/mol. The van der Waals surface area contributed by atoms with Crippen molar-refractivity contribution in [2.45, 2.75) is 43.3 Å². The van der Waals surface area contributed by atoms with Gasteiger partial charge in [-0.3, -0.25) is 14.5 Å². The Bertz CT molecular complexity index is 1750. The summed E-state index contributed by atoms with van der Waals surface area (Å²) < 4.78 is 27.6. The molecule has 3 aliphatic heterocycles. The summed E-state index contributed by atoms with van der Waals surface area (Å²) in [7, 11) is 4.82. The molecule has 12 nitrogen and oxygen atoms in total. The van der Waals surface area contributed by atoms with Crippen molar-refractivity contribution in [3.8, 4) is 11.5 Å². The molecule has 4 unspecified atom stereocenters. The van der Waals surface area contributed by atoms with Gasteiger partial charge in [0, 0.05) is 64.0 Å². The topological polar surface area (TPSA) is 126 Å². The highest BCUT2D eigenvalue weighted by molar-refractivity contribution is 5.98. The zero-order valence-corrected chi connectivity index (χ0v) is 28.2. The zero-order valence-electron chi connectivity index (χ0n) is 28.2. The van der Waals surface area contributed by atoms with E-state index in [0.717, 1.165) is 33.3 Å². The Balaban J connectivity index is 1.08. The molecule has 2 amide bonds. The van der Waals surface area contributed by atoms with Crippen LogP contribution in [0.5, 0.6) is 11.5 Å². The Hall–Kier alpha value is -4.20. The molecule has 49 heavy (non-hydrogen) atoms. The number of likely N-dealkylation sites (tertiary alicyclic amines) is 1. The van der Waals surface area contributed by atoms with Gasteiger partial charge in [-0.1, -0.05) is 36.4 Å². The summed E-state index contributed by atoms with van der Waals surface area (Å²) in [6.07, 6.45) is 4.51. The minimum atomic E-state index is -0.784. The third-order valence-electron chi connectivity index (χ3n) is 9.94. The molecule has 0 bridgehead atoms. The van der Waals surface area contributed by atoms with Gasteiger partial charge in [-0.15, -0.1) is 0 Å². The first-order valence-corrected chi connectivity index (χ1v) is 16.8. The number of piperazine rings is 1. The maximum atomic E-state index is 14.3. The molecule has 0 radical (unpaired) electrons. The zero-order chi connectivity index (χ0) is 34.1. The van der Waals surface area contributed by atoms with Crippen LogP contribution in [0.4, 0.5) is 0 Å². The Morgan fingerprint density at radius 1 is 0.939 bits per heavy atom. The van der Waals surface area contributed by atoms with Crippen LogP contribution in [0.25, 0.3) is 10.9 Å². The predicted octanol–water partition coefficient (Wildman–Crippen LogP) is 2.61. The number of nitrogens with one attached hydrogen (secondary N) is 1. The minimum Gasteiger partial charge on any atom is -0.487 e. The number of nitrogens with zero attached hydrogens (tertiary/aromatic N) is 3. The standard InChI is InChI=1S/C37H44N4O8/c1-45-12-14-48-31-11-8-23(16-33(31)49-15-13-46-2)19-39-20-25(21-39)40-22-34(43)41-29(37(40)44)18-27-26-6-4-5-7-28(26)38-35(27)36(41)24-9-10-30(42)32(17-24)47-3/h4-11,16-17,25,29-30,32,36,38,42H,12-15,18-22H2,1-3H3. The third-order valence-corrected chi connectivity index (χ3v) is 9.94. The summed E-state index contributed by atoms with van der Waals surface area (Å²) in [4.78, 5) is 37.8. The highest BCUT2D eigenvalue weighted by Gasteiger charge is 2.51. The monoisotopic (exact) mass is 672 g/mol. The number of aliphatic hydroxyl groups is 1. The number of carbonyl (C=O) groups is 2. The van der Waals surface area contributed by atoms with Crippen molar-refractivity contribution in [1.82, 2.24) is 19.7 Å². The smallest absolute Gasteiger partial charge is 0.246 e. The van der Waals surface area contributed by atoms with E-state index >= 15 is 0 Å². The summed E-state index contributed by atoms with van der Waals surface area (Å²) in [5, 5.41) is 11.5. The SMILES string of the molecule is COCCOc1ccc(CN2CC(N3CC(=O)N4C(Cc5c([nH]c6ccccc56)C4C4=CC(OC)C(O)C=C4)C3=O)C2)cc1OCCOC. The van der Waals surface area contributed by atoms with Gasteiger partial charge in [0.15, 0.2) is 11.5 Å². The van der Waals surface area contributed by atoms with Crippen LogP contribution >= 0.6 is 0 Å². The lowest BCUT2D eigenvalue weighted by Crippen LogP contribution is -2.69. The number of H-pyrrole nitrogens is 1. The number of aromatic nitrogens is 1. The molecule has 260 valence electrons. The van der Waals surface area contributed by atoms with Crippen molar-refractivity contribution in [2.75, 3.05) is 67.4 Å². The van der Waals surface area contributed by atoms with E-state index in [1.54, 1.807) is 37.2 Å². The van der Waals surface area contributed by atoms with Crippen LogP contribution in [0.15, 0.2) is 66.3 Å². The first-order chi connectivity index (χ1) is 23.9. The van der Waals surface area contributed by atoms with Gasteiger partial charge in [0.25, 0.3) is 0 Å². The third kappa shape index (κ3) is 6.47. The number of methoxy groups -OCH3 is 3. The van der Waals surface area contributed by atoms with Gasteiger partial charge in [-0.25, -0.2) is 0 Å². The second-order valence-electron chi connectivity index (χ2n) is 13.0. The van der Waals surface area contributed by atoms with Crippen molar-refractivity contribution in [2.24, 2.45) is 0 Å². The summed E-state index contributed by atoms with van der Waals surface area (Å²) >= 11 is 0. The molecular formula is C37H44N4O8. The number of ether oxygens (including phenoxy) is 5. The lowest BCUT2D eigenvalue weighted by molar-refractivity contribution is -0.164. The molecule has 1 aliphatic carbocycles. The molecule has 2 fully saturated rings. The molecule has 0 saturated carbocycles. The van der Waals surface area contributed by atoms with E-state index in [9.17, 15) is 14.7 Å². The second-order valence-corrected chi connectivity index (χ2v) is 13.0. The van der Waals surface area contributed by atoms with Crippen LogP contribution < -0.4 is 9.47 Å². The maximum Gasteiger partial charge on any atom is 0.246 e. The molecule has 2 N–H and O–H groups in total. The quantitative estimate of drug-likeness (QED) is 0.264. The summed E-state index contributed by atoms with van der Waals surface area (Å²) in [5.74, 6) is 1.18. The molecule has 0 spiro atoms. The van der Waals surface area contributed by atoms with Gasteiger partial charge < -0.3 is 43.6 Å². The number of rotatable bonds is 13. The molecule has 7 rings (SSSR count). The normalized spacial score (nSPS) is 24.1. The van der Waals surface area contributed by atoms with E-state index in [0.29, 0.717) is 64.0 Å². The number of amides is 2.